The van der Waals surface area contributed by atoms with Gasteiger partial charge in [0.2, 0.25) is 0 Å². The van der Waals surface area contributed by atoms with E-state index in [1.54, 1.807) is 4.68 Å². The van der Waals surface area contributed by atoms with Crippen LogP contribution >= 0.6 is 0 Å². The maximum absolute atomic E-state index is 12.1. The molecule has 1 aliphatic heterocycles. The van der Waals surface area contributed by atoms with Crippen LogP contribution in [0.1, 0.15) is 28.2 Å². The van der Waals surface area contributed by atoms with E-state index in [0.29, 0.717) is 18.0 Å². The van der Waals surface area contributed by atoms with Crippen LogP contribution in [0, 0.1) is 19.8 Å². The van der Waals surface area contributed by atoms with Gasteiger partial charge in [-0.05, 0) is 20.3 Å². The fraction of sp³-hybridized carbons (Fsp3) is 0.667. The third-order valence-electron chi connectivity index (χ3n) is 3.31. The second-order valence-corrected chi connectivity index (χ2v) is 4.61. The van der Waals surface area contributed by atoms with E-state index in [-0.39, 0.29) is 5.91 Å². The predicted molar refractivity (Wildman–Crippen MR) is 63.9 cm³/mol. The number of aromatic nitrogens is 2. The minimum Gasteiger partial charge on any atom is -0.381 e. The SMILES string of the molecule is Cc1nn(C)c(C)c1C(=O)NC[C@H]1CCOC1. The highest BCUT2D eigenvalue weighted by Gasteiger charge is 2.20. The van der Waals surface area contributed by atoms with E-state index in [0.717, 1.165) is 31.0 Å². The summed E-state index contributed by atoms with van der Waals surface area (Å²) in [5, 5.41) is 7.21. The molecule has 0 aromatic carbocycles. The first kappa shape index (κ1) is 12.1. The number of aryl methyl sites for hydroxylation is 2. The highest BCUT2D eigenvalue weighted by Crippen LogP contribution is 2.13. The Kier molecular flexibility index (Phi) is 3.47. The van der Waals surface area contributed by atoms with E-state index < -0.39 is 0 Å². The van der Waals surface area contributed by atoms with Gasteiger partial charge >= 0.3 is 0 Å². The summed E-state index contributed by atoms with van der Waals surface area (Å²) in [5.41, 5.74) is 2.39. The van der Waals surface area contributed by atoms with Gasteiger partial charge in [-0.2, -0.15) is 5.10 Å². The number of hydrogen-bond donors (Lipinski definition) is 1. The van der Waals surface area contributed by atoms with E-state index in [9.17, 15) is 4.79 Å². The van der Waals surface area contributed by atoms with Gasteiger partial charge < -0.3 is 10.1 Å². The topological polar surface area (TPSA) is 56.2 Å². The van der Waals surface area contributed by atoms with Crippen molar-refractivity contribution in [1.29, 1.82) is 0 Å². The molecule has 1 saturated heterocycles. The standard InChI is InChI=1S/C12H19N3O2/c1-8-11(9(2)15(3)14-8)12(16)13-6-10-4-5-17-7-10/h10H,4-7H2,1-3H3,(H,13,16)/t10-/m1/s1. The molecule has 2 heterocycles. The van der Waals surface area contributed by atoms with Crippen molar-refractivity contribution in [1.82, 2.24) is 15.1 Å². The minimum absolute atomic E-state index is 0.0278. The number of nitrogens with zero attached hydrogens (tertiary/aromatic N) is 2. The molecular formula is C12H19N3O2. The molecule has 94 valence electrons. The maximum Gasteiger partial charge on any atom is 0.255 e. The number of carbonyl (C=O) groups is 1. The first-order valence-corrected chi connectivity index (χ1v) is 5.95. The minimum atomic E-state index is -0.0278. The van der Waals surface area contributed by atoms with Gasteiger partial charge in [0.15, 0.2) is 0 Å². The highest BCUT2D eigenvalue weighted by molar-refractivity contribution is 5.96. The Morgan fingerprint density at radius 1 is 1.59 bits per heavy atom. The van der Waals surface area contributed by atoms with Gasteiger partial charge in [-0.1, -0.05) is 0 Å². The van der Waals surface area contributed by atoms with E-state index in [1.165, 1.54) is 0 Å². The average molecular weight is 237 g/mol. The molecular weight excluding hydrogens is 218 g/mol. The molecule has 0 aliphatic carbocycles. The molecule has 2 rings (SSSR count). The summed E-state index contributed by atoms with van der Waals surface area (Å²) < 4.78 is 7.02. The van der Waals surface area contributed by atoms with Crippen LogP contribution in [0.3, 0.4) is 0 Å². The fourth-order valence-electron chi connectivity index (χ4n) is 2.17. The zero-order chi connectivity index (χ0) is 12.4. The second kappa shape index (κ2) is 4.87. The van der Waals surface area contributed by atoms with Crippen LogP contribution in [0.25, 0.3) is 0 Å². The van der Waals surface area contributed by atoms with Gasteiger partial charge in [-0.15, -0.1) is 0 Å². The predicted octanol–water partition coefficient (Wildman–Crippen LogP) is 0.803. The Hall–Kier alpha value is -1.36. The summed E-state index contributed by atoms with van der Waals surface area (Å²) in [6.07, 6.45) is 1.03. The first-order valence-electron chi connectivity index (χ1n) is 5.95. The van der Waals surface area contributed by atoms with Gasteiger partial charge in [0.05, 0.1) is 17.9 Å². The number of amides is 1. The summed E-state index contributed by atoms with van der Waals surface area (Å²) in [5.74, 6) is 0.427. The molecule has 1 fully saturated rings. The molecule has 5 heteroatoms. The van der Waals surface area contributed by atoms with Gasteiger partial charge in [0.25, 0.3) is 5.91 Å². The lowest BCUT2D eigenvalue weighted by Gasteiger charge is -2.09. The molecule has 0 spiro atoms. The summed E-state index contributed by atoms with van der Waals surface area (Å²) in [6, 6.07) is 0. The van der Waals surface area contributed by atoms with Crippen molar-refractivity contribution < 1.29 is 9.53 Å². The molecule has 0 saturated carbocycles. The maximum atomic E-state index is 12.1. The molecule has 5 nitrogen and oxygen atoms in total. The largest absolute Gasteiger partial charge is 0.381 e. The van der Waals surface area contributed by atoms with E-state index in [2.05, 4.69) is 10.4 Å². The van der Waals surface area contributed by atoms with Crippen LogP contribution in [0.5, 0.6) is 0 Å². The number of rotatable bonds is 3. The van der Waals surface area contributed by atoms with Crippen LogP contribution in [0.2, 0.25) is 0 Å². The van der Waals surface area contributed by atoms with Gasteiger partial charge in [-0.3, -0.25) is 9.48 Å². The molecule has 0 bridgehead atoms. The van der Waals surface area contributed by atoms with Gasteiger partial charge in [-0.25, -0.2) is 0 Å². The van der Waals surface area contributed by atoms with Crippen molar-refractivity contribution in [2.24, 2.45) is 13.0 Å². The smallest absolute Gasteiger partial charge is 0.255 e. The molecule has 0 unspecified atom stereocenters. The quantitative estimate of drug-likeness (QED) is 0.846. The molecule has 1 aromatic rings. The molecule has 1 aromatic heterocycles. The molecule has 1 aliphatic rings. The monoisotopic (exact) mass is 237 g/mol. The average Bonchev–Trinajstić information content (AvgIpc) is 2.86. The van der Waals surface area contributed by atoms with Crippen LogP contribution in [-0.2, 0) is 11.8 Å². The molecule has 17 heavy (non-hydrogen) atoms. The Labute approximate surface area is 101 Å². The van der Waals surface area contributed by atoms with Crippen molar-refractivity contribution in [3.63, 3.8) is 0 Å². The summed E-state index contributed by atoms with van der Waals surface area (Å²) >= 11 is 0. The van der Waals surface area contributed by atoms with Crippen LogP contribution < -0.4 is 5.32 Å². The second-order valence-electron chi connectivity index (χ2n) is 4.61. The number of nitrogens with one attached hydrogen (secondary N) is 1. The third-order valence-corrected chi connectivity index (χ3v) is 3.31. The van der Waals surface area contributed by atoms with Crippen molar-refractivity contribution in [3.8, 4) is 0 Å². The van der Waals surface area contributed by atoms with Crippen molar-refractivity contribution in [2.75, 3.05) is 19.8 Å². The number of hydrogen-bond acceptors (Lipinski definition) is 3. The lowest BCUT2D eigenvalue weighted by atomic mass is 10.1. The highest BCUT2D eigenvalue weighted by atomic mass is 16.5. The normalized spacial score (nSPS) is 19.6. The summed E-state index contributed by atoms with van der Waals surface area (Å²) in [6.45, 7) is 6.03. The van der Waals surface area contributed by atoms with Crippen molar-refractivity contribution in [2.45, 2.75) is 20.3 Å². The van der Waals surface area contributed by atoms with Gasteiger partial charge in [0.1, 0.15) is 0 Å². The van der Waals surface area contributed by atoms with E-state index >= 15 is 0 Å². The Balaban J connectivity index is 1.99. The van der Waals surface area contributed by atoms with Crippen molar-refractivity contribution in [3.05, 3.63) is 17.0 Å². The lowest BCUT2D eigenvalue weighted by Crippen LogP contribution is -2.30. The summed E-state index contributed by atoms with van der Waals surface area (Å²) in [7, 11) is 1.85. The molecule has 0 radical (unpaired) electrons. The number of ether oxygens (including phenoxy) is 1. The molecule has 1 N–H and O–H groups in total. The van der Waals surface area contributed by atoms with Crippen molar-refractivity contribution >= 4 is 5.91 Å². The van der Waals surface area contributed by atoms with Crippen LogP contribution in [0.4, 0.5) is 0 Å². The zero-order valence-electron chi connectivity index (χ0n) is 10.6. The van der Waals surface area contributed by atoms with E-state index in [4.69, 9.17) is 4.74 Å². The zero-order valence-corrected chi connectivity index (χ0v) is 10.6. The Morgan fingerprint density at radius 2 is 2.35 bits per heavy atom. The molecule has 1 atom stereocenters. The first-order chi connectivity index (χ1) is 8.09. The Bertz CT molecular complexity index is 420. The van der Waals surface area contributed by atoms with Crippen LogP contribution in [0.15, 0.2) is 0 Å². The Morgan fingerprint density at radius 3 is 2.88 bits per heavy atom. The third kappa shape index (κ3) is 2.49. The molecule has 1 amide bonds. The van der Waals surface area contributed by atoms with E-state index in [1.807, 2.05) is 20.9 Å². The van der Waals surface area contributed by atoms with Gasteiger partial charge in [0, 0.05) is 31.8 Å². The van der Waals surface area contributed by atoms with Crippen LogP contribution in [-0.4, -0.2) is 35.4 Å². The lowest BCUT2D eigenvalue weighted by molar-refractivity contribution is 0.0943. The number of carbonyl (C=O) groups excluding carboxylic acids is 1. The summed E-state index contributed by atoms with van der Waals surface area (Å²) in [4.78, 5) is 12.1. The fourth-order valence-corrected chi connectivity index (χ4v) is 2.17.